The summed E-state index contributed by atoms with van der Waals surface area (Å²) in [6.45, 7) is 3.39. The first kappa shape index (κ1) is 12.5. The van der Waals surface area contributed by atoms with Crippen LogP contribution < -0.4 is 5.32 Å². The highest BCUT2D eigenvalue weighted by Crippen LogP contribution is 2.29. The molecule has 1 aromatic carbocycles. The summed E-state index contributed by atoms with van der Waals surface area (Å²) in [5.41, 5.74) is -0.521. The highest BCUT2D eigenvalue weighted by atomic mass is 19.1. The Morgan fingerprint density at radius 1 is 1.47 bits per heavy atom. The van der Waals surface area contributed by atoms with Gasteiger partial charge in [-0.05, 0) is 30.5 Å². The van der Waals surface area contributed by atoms with Crippen molar-refractivity contribution in [2.75, 3.05) is 13.1 Å². The highest BCUT2D eigenvalue weighted by Gasteiger charge is 2.36. The van der Waals surface area contributed by atoms with E-state index in [1.165, 1.54) is 12.1 Å². The van der Waals surface area contributed by atoms with Crippen LogP contribution in [0.3, 0.4) is 0 Å². The fourth-order valence-corrected chi connectivity index (χ4v) is 2.32. The molecule has 1 aliphatic heterocycles. The van der Waals surface area contributed by atoms with Crippen LogP contribution in [-0.2, 0) is 6.42 Å². The molecule has 0 saturated carbocycles. The number of halogens is 2. The van der Waals surface area contributed by atoms with E-state index in [1.54, 1.807) is 0 Å². The average Bonchev–Trinajstić information content (AvgIpc) is 2.27. The van der Waals surface area contributed by atoms with Crippen LogP contribution in [0.25, 0.3) is 0 Å². The smallest absolute Gasteiger partial charge is 0.129 e. The number of nitrogens with one attached hydrogen (secondary N) is 1. The molecule has 1 saturated heterocycles. The normalized spacial score (nSPS) is 29.3. The van der Waals surface area contributed by atoms with E-state index in [0.29, 0.717) is 12.0 Å². The van der Waals surface area contributed by atoms with E-state index in [2.05, 4.69) is 5.32 Å². The zero-order valence-electron chi connectivity index (χ0n) is 9.84. The number of rotatable bonds is 2. The van der Waals surface area contributed by atoms with Crippen molar-refractivity contribution in [3.63, 3.8) is 0 Å². The standard InChI is InChI=1S/C13H17F2NO/c1-9-8-16-5-4-13(9,17)7-10-2-3-11(14)6-12(10)15/h2-3,6,9,16-17H,4-5,7-8H2,1H3. The fourth-order valence-electron chi connectivity index (χ4n) is 2.32. The Labute approximate surface area is 99.7 Å². The molecule has 0 bridgehead atoms. The molecule has 0 aliphatic carbocycles. The third-order valence-electron chi connectivity index (χ3n) is 3.61. The predicted molar refractivity (Wildman–Crippen MR) is 61.7 cm³/mol. The van der Waals surface area contributed by atoms with E-state index in [0.717, 1.165) is 19.2 Å². The lowest BCUT2D eigenvalue weighted by molar-refractivity contribution is -0.0335. The maximum absolute atomic E-state index is 13.5. The number of benzene rings is 1. The molecule has 4 heteroatoms. The summed E-state index contributed by atoms with van der Waals surface area (Å²) in [5.74, 6) is -1.11. The summed E-state index contributed by atoms with van der Waals surface area (Å²) in [5, 5.41) is 13.7. The first-order chi connectivity index (χ1) is 8.01. The monoisotopic (exact) mass is 241 g/mol. The maximum atomic E-state index is 13.5. The molecule has 0 spiro atoms. The van der Waals surface area contributed by atoms with Crippen LogP contribution in [0.4, 0.5) is 8.78 Å². The number of aliphatic hydroxyl groups is 1. The van der Waals surface area contributed by atoms with E-state index < -0.39 is 17.2 Å². The van der Waals surface area contributed by atoms with Crippen molar-refractivity contribution in [3.05, 3.63) is 35.4 Å². The molecule has 2 nitrogen and oxygen atoms in total. The molecule has 2 rings (SSSR count). The fraction of sp³-hybridized carbons (Fsp3) is 0.538. The zero-order chi connectivity index (χ0) is 12.5. The van der Waals surface area contributed by atoms with Crippen molar-refractivity contribution in [2.45, 2.75) is 25.4 Å². The molecule has 94 valence electrons. The van der Waals surface area contributed by atoms with Crippen molar-refractivity contribution in [2.24, 2.45) is 5.92 Å². The van der Waals surface area contributed by atoms with Crippen LogP contribution in [0.5, 0.6) is 0 Å². The largest absolute Gasteiger partial charge is 0.389 e. The summed E-state index contributed by atoms with van der Waals surface area (Å²) in [4.78, 5) is 0. The van der Waals surface area contributed by atoms with Crippen molar-refractivity contribution < 1.29 is 13.9 Å². The Bertz CT molecular complexity index is 410. The van der Waals surface area contributed by atoms with Gasteiger partial charge in [0.05, 0.1) is 5.60 Å². The quantitative estimate of drug-likeness (QED) is 0.828. The van der Waals surface area contributed by atoms with Crippen LogP contribution in [0.15, 0.2) is 18.2 Å². The van der Waals surface area contributed by atoms with E-state index in [1.807, 2.05) is 6.92 Å². The van der Waals surface area contributed by atoms with Gasteiger partial charge in [0.15, 0.2) is 0 Å². The van der Waals surface area contributed by atoms with Gasteiger partial charge in [0.1, 0.15) is 11.6 Å². The third-order valence-corrected chi connectivity index (χ3v) is 3.61. The highest BCUT2D eigenvalue weighted by molar-refractivity contribution is 5.21. The lowest BCUT2D eigenvalue weighted by atomic mass is 9.78. The third kappa shape index (κ3) is 2.64. The molecule has 17 heavy (non-hydrogen) atoms. The van der Waals surface area contributed by atoms with E-state index in [4.69, 9.17) is 0 Å². The van der Waals surface area contributed by atoms with Gasteiger partial charge in [0.25, 0.3) is 0 Å². The van der Waals surface area contributed by atoms with Crippen LogP contribution in [0, 0.1) is 17.6 Å². The lowest BCUT2D eigenvalue weighted by Crippen LogP contribution is -2.50. The minimum absolute atomic E-state index is 0.0562. The summed E-state index contributed by atoms with van der Waals surface area (Å²) in [6.07, 6.45) is 0.826. The molecular weight excluding hydrogens is 224 g/mol. The van der Waals surface area contributed by atoms with Crippen LogP contribution in [0.1, 0.15) is 18.9 Å². The van der Waals surface area contributed by atoms with Gasteiger partial charge in [-0.3, -0.25) is 0 Å². The van der Waals surface area contributed by atoms with Gasteiger partial charge < -0.3 is 10.4 Å². The second-order valence-electron chi connectivity index (χ2n) is 4.87. The summed E-state index contributed by atoms with van der Waals surface area (Å²) >= 11 is 0. The lowest BCUT2D eigenvalue weighted by Gasteiger charge is -2.38. The SMILES string of the molecule is CC1CNCCC1(O)Cc1ccc(F)cc1F. The Kier molecular flexibility index (Phi) is 3.45. The van der Waals surface area contributed by atoms with Crippen LogP contribution in [0.2, 0.25) is 0 Å². The van der Waals surface area contributed by atoms with Gasteiger partial charge >= 0.3 is 0 Å². The molecule has 1 heterocycles. The van der Waals surface area contributed by atoms with Gasteiger partial charge in [-0.25, -0.2) is 8.78 Å². The molecule has 1 aromatic rings. The van der Waals surface area contributed by atoms with Crippen molar-refractivity contribution >= 4 is 0 Å². The summed E-state index contributed by atoms with van der Waals surface area (Å²) < 4.78 is 26.3. The Hall–Kier alpha value is -1.00. The summed E-state index contributed by atoms with van der Waals surface area (Å²) in [7, 11) is 0. The average molecular weight is 241 g/mol. The van der Waals surface area contributed by atoms with Gasteiger partial charge in [-0.15, -0.1) is 0 Å². The predicted octanol–water partition coefficient (Wildman–Crippen LogP) is 1.87. The second-order valence-corrected chi connectivity index (χ2v) is 4.87. The molecule has 2 atom stereocenters. The number of hydrogen-bond donors (Lipinski definition) is 2. The Balaban J connectivity index is 2.19. The molecule has 0 aromatic heterocycles. The van der Waals surface area contributed by atoms with Gasteiger partial charge in [-0.1, -0.05) is 13.0 Å². The molecule has 1 aliphatic rings. The van der Waals surface area contributed by atoms with E-state index >= 15 is 0 Å². The first-order valence-corrected chi connectivity index (χ1v) is 5.88. The molecule has 2 N–H and O–H groups in total. The first-order valence-electron chi connectivity index (χ1n) is 5.88. The molecule has 2 unspecified atom stereocenters. The van der Waals surface area contributed by atoms with Crippen molar-refractivity contribution in [3.8, 4) is 0 Å². The minimum atomic E-state index is -0.899. The van der Waals surface area contributed by atoms with Crippen LogP contribution in [-0.4, -0.2) is 23.8 Å². The maximum Gasteiger partial charge on any atom is 0.129 e. The van der Waals surface area contributed by atoms with Crippen molar-refractivity contribution in [1.82, 2.24) is 5.32 Å². The second kappa shape index (κ2) is 4.70. The van der Waals surface area contributed by atoms with E-state index in [-0.39, 0.29) is 12.3 Å². The Morgan fingerprint density at radius 3 is 2.88 bits per heavy atom. The number of piperidine rings is 1. The molecular formula is C13H17F2NO. The van der Waals surface area contributed by atoms with Gasteiger partial charge in [-0.2, -0.15) is 0 Å². The minimum Gasteiger partial charge on any atom is -0.389 e. The molecule has 1 fully saturated rings. The summed E-state index contributed by atoms with van der Waals surface area (Å²) in [6, 6.07) is 3.51. The zero-order valence-corrected chi connectivity index (χ0v) is 9.84. The molecule has 0 amide bonds. The van der Waals surface area contributed by atoms with E-state index in [9.17, 15) is 13.9 Å². The van der Waals surface area contributed by atoms with Crippen LogP contribution >= 0.6 is 0 Å². The van der Waals surface area contributed by atoms with Crippen molar-refractivity contribution in [1.29, 1.82) is 0 Å². The van der Waals surface area contributed by atoms with Gasteiger partial charge in [0.2, 0.25) is 0 Å². The topological polar surface area (TPSA) is 32.3 Å². The number of hydrogen-bond acceptors (Lipinski definition) is 2. The van der Waals surface area contributed by atoms with Gasteiger partial charge in [0, 0.05) is 19.0 Å². The molecule has 0 radical (unpaired) electrons. The Morgan fingerprint density at radius 2 is 2.24 bits per heavy atom.